The van der Waals surface area contributed by atoms with Crippen molar-refractivity contribution < 1.29 is 18.8 Å². The van der Waals surface area contributed by atoms with Crippen LogP contribution in [0.25, 0.3) is 11.3 Å². The maximum absolute atomic E-state index is 12.2. The molecule has 1 aliphatic heterocycles. The minimum atomic E-state index is -0.385. The van der Waals surface area contributed by atoms with Gasteiger partial charge in [-0.05, 0) is 43.0 Å². The Balaban J connectivity index is 1.58. The summed E-state index contributed by atoms with van der Waals surface area (Å²) in [6, 6.07) is 5.90. The monoisotopic (exact) mass is 341 g/mol. The molecule has 2 aliphatic rings. The normalized spacial score (nSPS) is 19.0. The molecule has 1 N–H and O–H groups in total. The topological polar surface area (TPSA) is 84.7 Å². The molecule has 2 amide bonds. The molecule has 1 unspecified atom stereocenters. The van der Waals surface area contributed by atoms with Crippen molar-refractivity contribution >= 4 is 17.7 Å². The molecular formula is C18H19N3O4. The van der Waals surface area contributed by atoms with Crippen molar-refractivity contribution in [3.8, 4) is 11.3 Å². The number of hydrogen-bond donors (Lipinski definition) is 1. The van der Waals surface area contributed by atoms with Gasteiger partial charge in [-0.3, -0.25) is 9.69 Å². The van der Waals surface area contributed by atoms with E-state index >= 15 is 0 Å². The van der Waals surface area contributed by atoms with E-state index in [0.717, 1.165) is 47.4 Å². The van der Waals surface area contributed by atoms with Crippen LogP contribution in [-0.2, 0) is 22.4 Å². The molecule has 1 aromatic heterocycles. The molecule has 1 atom stereocenters. The Hall–Kier alpha value is -2.83. The number of benzene rings is 1. The van der Waals surface area contributed by atoms with E-state index in [9.17, 15) is 9.59 Å². The van der Waals surface area contributed by atoms with Crippen molar-refractivity contribution in [1.29, 1.82) is 0 Å². The molecule has 0 saturated carbocycles. The zero-order valence-corrected chi connectivity index (χ0v) is 13.9. The average molecular weight is 341 g/mol. The van der Waals surface area contributed by atoms with E-state index in [4.69, 9.17) is 9.26 Å². The number of cyclic esters (lactones) is 1. The van der Waals surface area contributed by atoms with Gasteiger partial charge >= 0.3 is 6.09 Å². The van der Waals surface area contributed by atoms with Crippen LogP contribution in [0, 0.1) is 0 Å². The van der Waals surface area contributed by atoms with Gasteiger partial charge in [-0.2, -0.15) is 0 Å². The van der Waals surface area contributed by atoms with Crippen LogP contribution in [0.2, 0.25) is 0 Å². The van der Waals surface area contributed by atoms with Crippen LogP contribution in [0.4, 0.5) is 10.5 Å². The molecule has 0 spiro atoms. The molecule has 0 bridgehead atoms. The van der Waals surface area contributed by atoms with Crippen molar-refractivity contribution in [2.75, 3.05) is 18.0 Å². The number of amides is 2. The van der Waals surface area contributed by atoms with Crippen LogP contribution in [0.3, 0.4) is 0 Å². The first kappa shape index (κ1) is 15.7. The molecule has 4 rings (SSSR count). The molecule has 7 nitrogen and oxygen atoms in total. The van der Waals surface area contributed by atoms with Crippen LogP contribution in [0.5, 0.6) is 0 Å². The SMILES string of the molecule is CC(=O)NCC1CN(c2ccc3c(c2)CCCc2cnoc2-3)C(=O)O1. The lowest BCUT2D eigenvalue weighted by atomic mass is 10.0. The summed E-state index contributed by atoms with van der Waals surface area (Å²) in [4.78, 5) is 24.8. The lowest BCUT2D eigenvalue weighted by Gasteiger charge is -2.15. The van der Waals surface area contributed by atoms with Crippen molar-refractivity contribution in [2.45, 2.75) is 32.3 Å². The summed E-state index contributed by atoms with van der Waals surface area (Å²) < 4.78 is 10.8. The molecule has 25 heavy (non-hydrogen) atoms. The molecule has 130 valence electrons. The van der Waals surface area contributed by atoms with Crippen molar-refractivity contribution in [2.24, 2.45) is 0 Å². The number of aryl methyl sites for hydroxylation is 2. The minimum Gasteiger partial charge on any atom is -0.442 e. The summed E-state index contributed by atoms with van der Waals surface area (Å²) in [6.07, 6.45) is 3.93. The Labute approximate surface area is 144 Å². The highest BCUT2D eigenvalue weighted by Crippen LogP contribution is 2.35. The van der Waals surface area contributed by atoms with Crippen molar-refractivity contribution in [3.05, 3.63) is 35.5 Å². The van der Waals surface area contributed by atoms with E-state index in [2.05, 4.69) is 10.5 Å². The summed E-state index contributed by atoms with van der Waals surface area (Å²) in [5.41, 5.74) is 4.11. The fraction of sp³-hybridized carbons (Fsp3) is 0.389. The molecule has 7 heteroatoms. The Kier molecular flexibility index (Phi) is 3.91. The quantitative estimate of drug-likeness (QED) is 0.926. The molecule has 2 aromatic rings. The van der Waals surface area contributed by atoms with Crippen LogP contribution < -0.4 is 10.2 Å². The molecule has 1 aromatic carbocycles. The summed E-state index contributed by atoms with van der Waals surface area (Å²) in [6.45, 7) is 2.19. The molecule has 1 saturated heterocycles. The fourth-order valence-corrected chi connectivity index (χ4v) is 3.40. The van der Waals surface area contributed by atoms with Gasteiger partial charge in [0, 0.05) is 23.7 Å². The number of nitrogens with one attached hydrogen (secondary N) is 1. The van der Waals surface area contributed by atoms with Gasteiger partial charge in [-0.25, -0.2) is 4.79 Å². The number of carbonyl (C=O) groups excluding carboxylic acids is 2. The number of hydrogen-bond acceptors (Lipinski definition) is 5. The summed E-state index contributed by atoms with van der Waals surface area (Å²) in [5, 5.41) is 6.59. The maximum Gasteiger partial charge on any atom is 0.414 e. The Bertz CT molecular complexity index is 829. The lowest BCUT2D eigenvalue weighted by molar-refractivity contribution is -0.119. The molecule has 1 fully saturated rings. The highest BCUT2D eigenvalue weighted by Gasteiger charge is 2.33. The summed E-state index contributed by atoms with van der Waals surface area (Å²) >= 11 is 0. The third-order valence-electron chi connectivity index (χ3n) is 4.63. The summed E-state index contributed by atoms with van der Waals surface area (Å²) in [7, 11) is 0. The van der Waals surface area contributed by atoms with Gasteiger partial charge in [0.1, 0.15) is 6.10 Å². The first-order valence-electron chi connectivity index (χ1n) is 8.41. The zero-order valence-electron chi connectivity index (χ0n) is 13.9. The Morgan fingerprint density at radius 2 is 2.20 bits per heavy atom. The third-order valence-corrected chi connectivity index (χ3v) is 4.63. The van der Waals surface area contributed by atoms with Gasteiger partial charge < -0.3 is 14.6 Å². The van der Waals surface area contributed by atoms with Gasteiger partial charge in [0.2, 0.25) is 5.91 Å². The predicted octanol–water partition coefficient (Wildman–Crippen LogP) is 2.29. The van der Waals surface area contributed by atoms with Crippen molar-refractivity contribution in [1.82, 2.24) is 10.5 Å². The molecular weight excluding hydrogens is 322 g/mol. The first-order valence-corrected chi connectivity index (χ1v) is 8.41. The first-order chi connectivity index (χ1) is 12.1. The Morgan fingerprint density at radius 1 is 1.36 bits per heavy atom. The second kappa shape index (κ2) is 6.23. The van der Waals surface area contributed by atoms with Gasteiger partial charge in [0.15, 0.2) is 5.76 Å². The molecule has 2 heterocycles. The number of rotatable bonds is 3. The predicted molar refractivity (Wildman–Crippen MR) is 90.3 cm³/mol. The Morgan fingerprint density at radius 3 is 3.04 bits per heavy atom. The van der Waals surface area contributed by atoms with E-state index in [1.165, 1.54) is 6.92 Å². The highest BCUT2D eigenvalue weighted by atomic mass is 16.6. The zero-order chi connectivity index (χ0) is 17.4. The lowest BCUT2D eigenvalue weighted by Crippen LogP contribution is -2.33. The second-order valence-corrected chi connectivity index (χ2v) is 6.43. The van der Waals surface area contributed by atoms with Gasteiger partial charge in [-0.1, -0.05) is 5.16 Å². The van der Waals surface area contributed by atoms with Crippen LogP contribution >= 0.6 is 0 Å². The minimum absolute atomic E-state index is 0.137. The number of aromatic nitrogens is 1. The fourth-order valence-electron chi connectivity index (χ4n) is 3.40. The van der Waals surface area contributed by atoms with E-state index < -0.39 is 0 Å². The van der Waals surface area contributed by atoms with E-state index in [0.29, 0.717) is 13.1 Å². The average Bonchev–Trinajstić information content (AvgIpc) is 3.15. The number of anilines is 1. The summed E-state index contributed by atoms with van der Waals surface area (Å²) in [5.74, 6) is 0.689. The number of ether oxygens (including phenoxy) is 1. The second-order valence-electron chi connectivity index (χ2n) is 6.43. The largest absolute Gasteiger partial charge is 0.442 e. The molecule has 0 radical (unpaired) electrons. The van der Waals surface area contributed by atoms with Crippen molar-refractivity contribution in [3.63, 3.8) is 0 Å². The van der Waals surface area contributed by atoms with Crippen LogP contribution in [-0.4, -0.2) is 36.4 Å². The highest BCUT2D eigenvalue weighted by molar-refractivity contribution is 5.90. The van der Waals surface area contributed by atoms with Crippen LogP contribution in [0.1, 0.15) is 24.5 Å². The number of fused-ring (bicyclic) bond motifs is 3. The standard InChI is InChI=1S/C18H19N3O4/c1-11(22)19-9-15-10-21(18(23)24-15)14-5-6-16-12(7-14)3-2-4-13-8-20-25-17(13)16/h5-8,15H,2-4,9-10H2,1H3,(H,19,22). The van der Waals surface area contributed by atoms with Gasteiger partial charge in [0.05, 0.1) is 19.3 Å². The van der Waals surface area contributed by atoms with Gasteiger partial charge in [-0.15, -0.1) is 0 Å². The van der Waals surface area contributed by atoms with E-state index in [-0.39, 0.29) is 18.1 Å². The third kappa shape index (κ3) is 2.97. The van der Waals surface area contributed by atoms with Gasteiger partial charge in [0.25, 0.3) is 0 Å². The maximum atomic E-state index is 12.2. The van der Waals surface area contributed by atoms with Crippen LogP contribution in [0.15, 0.2) is 28.9 Å². The number of carbonyl (C=O) groups is 2. The number of nitrogens with zero attached hydrogens (tertiary/aromatic N) is 2. The van der Waals surface area contributed by atoms with E-state index in [1.807, 2.05) is 18.2 Å². The molecule has 1 aliphatic carbocycles. The van der Waals surface area contributed by atoms with E-state index in [1.54, 1.807) is 11.1 Å². The smallest absolute Gasteiger partial charge is 0.414 e.